The van der Waals surface area contributed by atoms with Gasteiger partial charge < -0.3 is 0 Å². The van der Waals surface area contributed by atoms with Crippen LogP contribution in [0.15, 0.2) is 0 Å². The molecule has 0 N–H and O–H groups in total. The maximum absolute atomic E-state index is 8.63. The van der Waals surface area contributed by atoms with Gasteiger partial charge in [0.1, 0.15) is 0 Å². The molecule has 0 heterocycles. The molecule has 0 atom stereocenters. The molecular formula is MoO4Tl2. The second kappa shape index (κ2) is 6.18. The van der Waals surface area contributed by atoms with E-state index < -0.39 is 16.7 Å². The fourth-order valence-corrected chi connectivity index (χ4v) is 0. The molecule has 0 aromatic rings. The van der Waals surface area contributed by atoms with Crippen molar-refractivity contribution >= 4 is 54.6 Å². The molecule has 0 spiro atoms. The third-order valence-electron chi connectivity index (χ3n) is 0. The van der Waals surface area contributed by atoms with E-state index in [4.69, 9.17) is 14.3 Å². The molecular weight excluding hydrogens is 569 g/mol. The van der Waals surface area contributed by atoms with Crippen LogP contribution in [-0.2, 0) is 23.5 Å². The molecule has 0 rings (SSSR count). The Labute approximate surface area is 84.3 Å². The summed E-state index contributed by atoms with van der Waals surface area (Å²) in [4.78, 5) is 0. The van der Waals surface area contributed by atoms with Crippen LogP contribution in [0, 0.1) is 0 Å². The molecule has 0 aromatic heterocycles. The molecule has 7 heteroatoms. The second-order valence-corrected chi connectivity index (χ2v) is 2.42. The van der Waals surface area contributed by atoms with E-state index in [1.54, 1.807) is 0 Å². The molecule has 0 unspecified atom stereocenters. The molecule has 0 radical (unpaired) electrons. The van der Waals surface area contributed by atoms with Crippen LogP contribution in [0.25, 0.3) is 0 Å². The first-order valence-electron chi connectivity index (χ1n) is 0.667. The standard InChI is InChI=1S/Mo.4O.2Tl/q;;;2*-1;2*+1. The van der Waals surface area contributed by atoms with Gasteiger partial charge in [0.05, 0.1) is 0 Å². The Morgan fingerprint density at radius 2 is 1.00 bits per heavy atom. The summed E-state index contributed by atoms with van der Waals surface area (Å²) in [5.41, 5.74) is 0. The first-order valence-corrected chi connectivity index (χ1v) is 3.94. The van der Waals surface area contributed by atoms with E-state index in [-0.39, 0.29) is 54.6 Å². The van der Waals surface area contributed by atoms with Gasteiger partial charge in [0.2, 0.25) is 0 Å². The molecule has 0 fully saturated rings. The molecule has 0 aliphatic rings. The van der Waals surface area contributed by atoms with Gasteiger partial charge in [-0.3, -0.25) is 0 Å². The average molecular weight is 569 g/mol. The first kappa shape index (κ1) is 16.0. The van der Waals surface area contributed by atoms with E-state index >= 15 is 0 Å². The Hall–Kier alpha value is 2.05. The Morgan fingerprint density at radius 3 is 1.00 bits per heavy atom. The van der Waals surface area contributed by atoms with Gasteiger partial charge in [-0.05, 0) is 0 Å². The minimum atomic E-state index is -6.02. The quantitative estimate of drug-likeness (QED) is 0.286. The Balaban J connectivity index is -0.0000000800. The van der Waals surface area contributed by atoms with Crippen molar-refractivity contribution in [3.05, 3.63) is 0 Å². The maximum atomic E-state index is 8.63. The van der Waals surface area contributed by atoms with E-state index in [0.29, 0.717) is 0 Å². The van der Waals surface area contributed by atoms with Crippen molar-refractivity contribution in [2.75, 3.05) is 0 Å². The van der Waals surface area contributed by atoms with Crippen LogP contribution in [0.5, 0.6) is 0 Å². The third-order valence-corrected chi connectivity index (χ3v) is 0. The van der Waals surface area contributed by atoms with Crippen LogP contribution in [0.4, 0.5) is 0 Å². The van der Waals surface area contributed by atoms with Crippen molar-refractivity contribution in [2.45, 2.75) is 0 Å². The molecule has 0 aliphatic carbocycles. The second-order valence-electron chi connectivity index (χ2n) is 0.408. The normalized spacial score (nSPS) is 8.29. The summed E-state index contributed by atoms with van der Waals surface area (Å²) in [6.07, 6.45) is 0. The van der Waals surface area contributed by atoms with Gasteiger partial charge in [-0.1, -0.05) is 0 Å². The monoisotopic (exact) mass is 572 g/mol. The van der Waals surface area contributed by atoms with Gasteiger partial charge in [-0.2, -0.15) is 0 Å². The Morgan fingerprint density at radius 1 is 1.00 bits per heavy atom. The van der Waals surface area contributed by atoms with Crippen molar-refractivity contribution in [3.8, 4) is 0 Å². The summed E-state index contributed by atoms with van der Waals surface area (Å²) in [6.45, 7) is 0. The maximum Gasteiger partial charge on any atom is 1.00 e. The van der Waals surface area contributed by atoms with Gasteiger partial charge in [0.15, 0.2) is 0 Å². The van der Waals surface area contributed by atoms with Crippen LogP contribution in [0.1, 0.15) is 0 Å². The summed E-state index contributed by atoms with van der Waals surface area (Å²) in [7, 11) is 0. The van der Waals surface area contributed by atoms with Crippen LogP contribution in [0.2, 0.25) is 0 Å². The molecule has 0 bridgehead atoms. The predicted molar refractivity (Wildman–Crippen MR) is 12.9 cm³/mol. The summed E-state index contributed by atoms with van der Waals surface area (Å²) >= 11 is -6.02. The minimum Gasteiger partial charge on any atom is 1.00 e. The van der Waals surface area contributed by atoms with Crippen molar-refractivity contribution in [1.29, 1.82) is 0 Å². The van der Waals surface area contributed by atoms with Crippen molar-refractivity contribution < 1.29 is 31.1 Å². The average Bonchev–Trinajstić information content (AvgIpc) is 0.722. The van der Waals surface area contributed by atoms with E-state index in [1.165, 1.54) is 0 Å². The summed E-state index contributed by atoms with van der Waals surface area (Å²) in [5, 5.41) is 0. The molecule has 0 saturated carbocycles. The summed E-state index contributed by atoms with van der Waals surface area (Å²) in [5.74, 6) is 0. The molecule has 7 heavy (non-hydrogen) atoms. The zero-order valence-corrected chi connectivity index (χ0v) is 14.2. The van der Waals surface area contributed by atoms with Gasteiger partial charge in [-0.15, -0.1) is 0 Å². The minimum absolute atomic E-state index is 0. The fraction of sp³-hybridized carbons (Fsp3) is 0. The molecule has 36 valence electrons. The molecule has 0 amide bonds. The van der Waals surface area contributed by atoms with Crippen molar-refractivity contribution in [3.63, 3.8) is 0 Å². The van der Waals surface area contributed by atoms with Crippen molar-refractivity contribution in [1.82, 2.24) is 0 Å². The van der Waals surface area contributed by atoms with Gasteiger partial charge in [0, 0.05) is 0 Å². The molecule has 4 nitrogen and oxygen atoms in total. The van der Waals surface area contributed by atoms with Crippen LogP contribution >= 0.6 is 0 Å². The smallest absolute Gasteiger partial charge is 1.00 e. The van der Waals surface area contributed by atoms with Crippen molar-refractivity contribution in [2.24, 2.45) is 0 Å². The summed E-state index contributed by atoms with van der Waals surface area (Å²) < 4.78 is 34.5. The van der Waals surface area contributed by atoms with E-state index in [2.05, 4.69) is 0 Å². The predicted octanol–water partition coefficient (Wildman–Crippen LogP) is -3.38. The number of hydrogen-bond donors (Lipinski definition) is 0. The van der Waals surface area contributed by atoms with Crippen LogP contribution in [-0.4, -0.2) is 54.6 Å². The van der Waals surface area contributed by atoms with E-state index in [1.807, 2.05) is 0 Å². The van der Waals surface area contributed by atoms with Crippen LogP contribution in [0.3, 0.4) is 0 Å². The number of hydrogen-bond acceptors (Lipinski definition) is 4. The van der Waals surface area contributed by atoms with Gasteiger partial charge in [0.25, 0.3) is 0 Å². The van der Waals surface area contributed by atoms with Gasteiger partial charge in [-0.25, -0.2) is 0 Å². The summed E-state index contributed by atoms with van der Waals surface area (Å²) in [6, 6.07) is 0. The molecule has 0 aromatic carbocycles. The zero-order chi connectivity index (χ0) is 4.50. The fourth-order valence-electron chi connectivity index (χ4n) is 0. The molecule has 0 saturated heterocycles. The molecule has 0 aliphatic heterocycles. The zero-order valence-electron chi connectivity index (χ0n) is 3.20. The van der Waals surface area contributed by atoms with Crippen LogP contribution < -0.4 is 7.52 Å². The van der Waals surface area contributed by atoms with E-state index in [9.17, 15) is 0 Å². The largest absolute Gasteiger partial charge is 1.00 e. The first-order chi connectivity index (χ1) is 2.00. The third kappa shape index (κ3) is 70.0. The SMILES string of the molecule is [O]=[Mo](=[O])([O-])[O-].[Tl+].[Tl+]. The Bertz CT molecular complexity index is 92.9. The van der Waals surface area contributed by atoms with Gasteiger partial charge >= 0.3 is 85.7 Å². The topological polar surface area (TPSA) is 80.3 Å². The Kier molecular flexibility index (Phi) is 14.1. The number of rotatable bonds is 0. The van der Waals surface area contributed by atoms with E-state index in [0.717, 1.165) is 0 Å².